The zero-order valence-corrected chi connectivity index (χ0v) is 7.50. The van der Waals surface area contributed by atoms with Crippen LogP contribution < -0.4 is 0 Å². The molecule has 9 heavy (non-hydrogen) atoms. The van der Waals surface area contributed by atoms with E-state index in [1.807, 2.05) is 0 Å². The summed E-state index contributed by atoms with van der Waals surface area (Å²) in [6.07, 6.45) is 3.81. The molecular formula is C8H17S. The third-order valence-corrected chi connectivity index (χ3v) is 2.00. The second-order valence-corrected chi connectivity index (χ2v) is 3.71. The molecule has 2 atom stereocenters. The van der Waals surface area contributed by atoms with Crippen molar-refractivity contribution in [3.8, 4) is 0 Å². The average molecular weight is 145 g/mol. The Morgan fingerprint density at radius 2 is 1.78 bits per heavy atom. The van der Waals surface area contributed by atoms with Crippen molar-refractivity contribution >= 4 is 12.6 Å². The molecule has 0 N–H and O–H groups in total. The predicted octanol–water partition coefficient (Wildman–Crippen LogP) is 3.40. The smallest absolute Gasteiger partial charge is 0.0123 e. The summed E-state index contributed by atoms with van der Waals surface area (Å²) in [7, 11) is 0. The van der Waals surface area contributed by atoms with Crippen LogP contribution in [0.25, 0.3) is 0 Å². The minimum atomic E-state index is 0.471. The molecule has 0 spiro atoms. The summed E-state index contributed by atoms with van der Waals surface area (Å²) >= 11 is 5.05. The third kappa shape index (κ3) is 6.23. The molecule has 0 aromatic carbocycles. The Bertz CT molecular complexity index is 59.6. The highest BCUT2D eigenvalue weighted by atomic mass is 32.1. The Balaban J connectivity index is 3.06. The van der Waals surface area contributed by atoms with Crippen LogP contribution in [0.5, 0.6) is 0 Å². The van der Waals surface area contributed by atoms with Gasteiger partial charge in [0.25, 0.3) is 0 Å². The first kappa shape index (κ1) is 9.35. The van der Waals surface area contributed by atoms with Crippen molar-refractivity contribution < 1.29 is 0 Å². The first-order valence-electron chi connectivity index (χ1n) is 3.82. The molecule has 0 aliphatic heterocycles. The van der Waals surface area contributed by atoms with Crippen molar-refractivity contribution in [1.82, 2.24) is 0 Å². The zero-order chi connectivity index (χ0) is 7.28. The molecule has 0 aromatic heterocycles. The molecule has 0 saturated heterocycles. The van der Waals surface area contributed by atoms with Gasteiger partial charge in [-0.3, -0.25) is 0 Å². The molecule has 55 valence electrons. The van der Waals surface area contributed by atoms with Gasteiger partial charge < -0.3 is 0 Å². The number of hydrogen-bond acceptors (Lipinski definition) is 0. The lowest BCUT2D eigenvalue weighted by Crippen LogP contribution is -1.97. The van der Waals surface area contributed by atoms with E-state index in [0.29, 0.717) is 5.25 Å². The molecule has 0 aliphatic rings. The lowest BCUT2D eigenvalue weighted by molar-refractivity contribution is 0.496. The van der Waals surface area contributed by atoms with Crippen molar-refractivity contribution in [3.05, 3.63) is 0 Å². The van der Waals surface area contributed by atoms with Gasteiger partial charge in [-0.05, 0) is 18.8 Å². The molecular weight excluding hydrogens is 128 g/mol. The maximum absolute atomic E-state index is 5.05. The van der Waals surface area contributed by atoms with Crippen molar-refractivity contribution in [3.63, 3.8) is 0 Å². The topological polar surface area (TPSA) is 0 Å². The molecule has 0 fully saturated rings. The summed E-state index contributed by atoms with van der Waals surface area (Å²) in [6.45, 7) is 6.63. The molecule has 2 unspecified atom stereocenters. The van der Waals surface area contributed by atoms with Crippen molar-refractivity contribution in [2.45, 2.75) is 45.3 Å². The highest BCUT2D eigenvalue weighted by Crippen LogP contribution is 2.13. The second-order valence-electron chi connectivity index (χ2n) is 2.90. The summed E-state index contributed by atoms with van der Waals surface area (Å²) in [5.41, 5.74) is 0. The molecule has 0 amide bonds. The van der Waals surface area contributed by atoms with Crippen molar-refractivity contribution in [1.29, 1.82) is 0 Å². The molecule has 0 heterocycles. The van der Waals surface area contributed by atoms with E-state index in [0.717, 1.165) is 5.92 Å². The Morgan fingerprint density at radius 3 is 2.11 bits per heavy atom. The lowest BCUT2D eigenvalue weighted by atomic mass is 10.0. The van der Waals surface area contributed by atoms with Gasteiger partial charge in [-0.25, -0.2) is 0 Å². The van der Waals surface area contributed by atoms with Gasteiger partial charge >= 0.3 is 0 Å². The summed E-state index contributed by atoms with van der Waals surface area (Å²) in [6, 6.07) is 0. The van der Waals surface area contributed by atoms with E-state index >= 15 is 0 Å². The number of rotatable bonds is 4. The van der Waals surface area contributed by atoms with Gasteiger partial charge in [0.2, 0.25) is 0 Å². The summed E-state index contributed by atoms with van der Waals surface area (Å²) < 4.78 is 0. The van der Waals surface area contributed by atoms with E-state index in [1.165, 1.54) is 19.3 Å². The van der Waals surface area contributed by atoms with Crippen LogP contribution in [0, 0.1) is 5.92 Å². The lowest BCUT2D eigenvalue weighted by Gasteiger charge is -2.08. The van der Waals surface area contributed by atoms with Crippen LogP contribution in [0.1, 0.15) is 40.0 Å². The van der Waals surface area contributed by atoms with E-state index in [-0.39, 0.29) is 0 Å². The maximum Gasteiger partial charge on any atom is 0.0123 e. The van der Waals surface area contributed by atoms with Crippen LogP contribution in [0.15, 0.2) is 0 Å². The van der Waals surface area contributed by atoms with E-state index in [2.05, 4.69) is 20.8 Å². The SMILES string of the molecule is CCC(C)CCC(C)[S]. The van der Waals surface area contributed by atoms with E-state index in [4.69, 9.17) is 12.6 Å². The van der Waals surface area contributed by atoms with Gasteiger partial charge in [0.15, 0.2) is 0 Å². The molecule has 0 aliphatic carbocycles. The average Bonchev–Trinajstić information content (AvgIpc) is 1.83. The molecule has 1 heteroatoms. The molecule has 0 bridgehead atoms. The molecule has 0 nitrogen and oxygen atoms in total. The Labute approximate surface area is 64.4 Å². The zero-order valence-electron chi connectivity index (χ0n) is 6.68. The van der Waals surface area contributed by atoms with Crippen LogP contribution in [-0.2, 0) is 0 Å². The molecule has 1 radical (unpaired) electrons. The molecule has 0 aromatic rings. The number of hydrogen-bond donors (Lipinski definition) is 0. The predicted molar refractivity (Wildman–Crippen MR) is 45.7 cm³/mol. The van der Waals surface area contributed by atoms with Crippen LogP contribution in [0.2, 0.25) is 0 Å². The van der Waals surface area contributed by atoms with E-state index < -0.39 is 0 Å². The van der Waals surface area contributed by atoms with Crippen molar-refractivity contribution in [2.75, 3.05) is 0 Å². The quantitative estimate of drug-likeness (QED) is 0.569. The van der Waals surface area contributed by atoms with Gasteiger partial charge in [-0.1, -0.05) is 39.8 Å². The van der Waals surface area contributed by atoms with Gasteiger partial charge in [-0.2, -0.15) is 0 Å². The largest absolute Gasteiger partial charge is 0.0907 e. The van der Waals surface area contributed by atoms with E-state index in [9.17, 15) is 0 Å². The monoisotopic (exact) mass is 145 g/mol. The highest BCUT2D eigenvalue weighted by Gasteiger charge is 2.00. The van der Waals surface area contributed by atoms with Gasteiger partial charge in [0.1, 0.15) is 0 Å². The third-order valence-electron chi connectivity index (χ3n) is 1.76. The Kier molecular flexibility index (Phi) is 5.36. The van der Waals surface area contributed by atoms with Crippen LogP contribution >= 0.6 is 12.6 Å². The highest BCUT2D eigenvalue weighted by molar-refractivity contribution is 7.80. The van der Waals surface area contributed by atoms with Gasteiger partial charge in [0.05, 0.1) is 0 Å². The second kappa shape index (κ2) is 5.16. The maximum atomic E-state index is 5.05. The van der Waals surface area contributed by atoms with Gasteiger partial charge in [0, 0.05) is 5.25 Å². The summed E-state index contributed by atoms with van der Waals surface area (Å²) in [4.78, 5) is 0. The van der Waals surface area contributed by atoms with E-state index in [1.54, 1.807) is 0 Å². The summed E-state index contributed by atoms with van der Waals surface area (Å²) in [5, 5.41) is 0.471. The van der Waals surface area contributed by atoms with Crippen LogP contribution in [-0.4, -0.2) is 5.25 Å². The fraction of sp³-hybridized carbons (Fsp3) is 1.00. The molecule has 0 saturated carbocycles. The Hall–Kier alpha value is 0.350. The van der Waals surface area contributed by atoms with Crippen LogP contribution in [0.4, 0.5) is 0 Å². The van der Waals surface area contributed by atoms with Crippen molar-refractivity contribution in [2.24, 2.45) is 5.92 Å². The minimum absolute atomic E-state index is 0.471. The first-order chi connectivity index (χ1) is 4.16. The van der Waals surface area contributed by atoms with Gasteiger partial charge in [-0.15, -0.1) is 0 Å². The minimum Gasteiger partial charge on any atom is -0.0907 e. The summed E-state index contributed by atoms with van der Waals surface area (Å²) in [5.74, 6) is 0.871. The first-order valence-corrected chi connectivity index (χ1v) is 4.29. The van der Waals surface area contributed by atoms with Crippen LogP contribution in [0.3, 0.4) is 0 Å². The Morgan fingerprint density at radius 1 is 1.22 bits per heavy atom. The molecule has 0 rings (SSSR count). The fourth-order valence-electron chi connectivity index (χ4n) is 0.723. The normalized spacial score (nSPS) is 17.3. The fourth-order valence-corrected chi connectivity index (χ4v) is 0.859. The standard InChI is InChI=1S/C8H17S/c1-4-7(2)5-6-8(3)9/h7-8H,4-6H2,1-3H3.